The van der Waals surface area contributed by atoms with Gasteiger partial charge >= 0.3 is 0 Å². The van der Waals surface area contributed by atoms with Crippen LogP contribution in [0.1, 0.15) is 12.8 Å². The van der Waals surface area contributed by atoms with Crippen molar-refractivity contribution in [2.45, 2.75) is 30.6 Å². The minimum atomic E-state index is -0.311. The summed E-state index contributed by atoms with van der Waals surface area (Å²) in [5, 5.41) is 8.11. The summed E-state index contributed by atoms with van der Waals surface area (Å²) in [7, 11) is 0. The Bertz CT molecular complexity index is 1340. The van der Waals surface area contributed by atoms with E-state index in [0.717, 1.165) is 19.4 Å². The fourth-order valence-electron chi connectivity index (χ4n) is 3.62. The summed E-state index contributed by atoms with van der Waals surface area (Å²) < 4.78 is 8.65. The van der Waals surface area contributed by atoms with Crippen molar-refractivity contribution in [3.8, 4) is 5.95 Å². The molecule has 10 heteroatoms. The van der Waals surface area contributed by atoms with Crippen LogP contribution in [0.5, 0.6) is 0 Å². The number of pyridine rings is 3. The van der Waals surface area contributed by atoms with Crippen LogP contribution in [0.15, 0.2) is 45.3 Å². The van der Waals surface area contributed by atoms with E-state index in [0.29, 0.717) is 39.5 Å². The third-order valence-corrected chi connectivity index (χ3v) is 5.65. The molecule has 1 aliphatic heterocycles. The van der Waals surface area contributed by atoms with Crippen molar-refractivity contribution in [1.82, 2.24) is 29.3 Å². The van der Waals surface area contributed by atoms with Gasteiger partial charge in [0.25, 0.3) is 11.1 Å². The van der Waals surface area contributed by atoms with Gasteiger partial charge in [0.1, 0.15) is 0 Å². The number of aromatic amines is 1. The van der Waals surface area contributed by atoms with Gasteiger partial charge in [0.05, 0.1) is 34.5 Å². The van der Waals surface area contributed by atoms with Crippen molar-refractivity contribution < 1.29 is 4.74 Å². The molecular weight excluding hydrogens is 392 g/mol. The summed E-state index contributed by atoms with van der Waals surface area (Å²) in [6, 6.07) is 5.16. The summed E-state index contributed by atoms with van der Waals surface area (Å²) in [5.74, 6) is 0.324. The molecule has 1 fully saturated rings. The van der Waals surface area contributed by atoms with Crippen LogP contribution in [0.25, 0.3) is 27.8 Å². The molecule has 0 amide bonds. The second-order valence-corrected chi connectivity index (χ2v) is 7.67. The Morgan fingerprint density at radius 1 is 1.17 bits per heavy atom. The lowest BCUT2D eigenvalue weighted by molar-refractivity contribution is 0.0963. The lowest BCUT2D eigenvalue weighted by Crippen LogP contribution is -2.26. The minimum Gasteiger partial charge on any atom is -0.376 e. The average molecular weight is 410 g/mol. The second kappa shape index (κ2) is 7.12. The first kappa shape index (κ1) is 18.1. The second-order valence-electron chi connectivity index (χ2n) is 6.90. The molecular formula is C19H18N6O3S. The molecule has 4 aromatic rings. The van der Waals surface area contributed by atoms with E-state index >= 15 is 0 Å². The molecule has 0 bridgehead atoms. The lowest BCUT2D eigenvalue weighted by Gasteiger charge is -2.12. The van der Waals surface area contributed by atoms with Gasteiger partial charge in [-0.15, -0.1) is 5.10 Å². The highest BCUT2D eigenvalue weighted by atomic mass is 32.2. The maximum absolute atomic E-state index is 13.0. The molecule has 148 valence electrons. The molecule has 0 unspecified atom stereocenters. The summed E-state index contributed by atoms with van der Waals surface area (Å²) in [4.78, 5) is 34.8. The van der Waals surface area contributed by atoms with E-state index in [1.54, 1.807) is 35.2 Å². The van der Waals surface area contributed by atoms with Crippen molar-refractivity contribution >= 4 is 33.6 Å². The zero-order valence-corrected chi connectivity index (χ0v) is 16.5. The first-order valence-electron chi connectivity index (χ1n) is 9.28. The third kappa shape index (κ3) is 3.14. The van der Waals surface area contributed by atoms with E-state index in [9.17, 15) is 9.59 Å². The average Bonchev–Trinajstić information content (AvgIpc) is 3.42. The van der Waals surface area contributed by atoms with Crippen molar-refractivity contribution in [1.29, 1.82) is 0 Å². The number of fused-ring (bicyclic) bond motifs is 2. The molecule has 0 aliphatic carbocycles. The Hall–Kier alpha value is -2.98. The van der Waals surface area contributed by atoms with Crippen molar-refractivity contribution in [3.05, 3.63) is 51.3 Å². The van der Waals surface area contributed by atoms with Crippen LogP contribution in [-0.4, -0.2) is 48.3 Å². The van der Waals surface area contributed by atoms with Crippen LogP contribution in [0.3, 0.4) is 0 Å². The summed E-state index contributed by atoms with van der Waals surface area (Å²) in [6.45, 7) is 1.24. The van der Waals surface area contributed by atoms with Gasteiger partial charge in [-0.3, -0.25) is 14.2 Å². The van der Waals surface area contributed by atoms with Gasteiger partial charge in [0.15, 0.2) is 0 Å². The van der Waals surface area contributed by atoms with E-state index in [1.807, 2.05) is 6.26 Å². The zero-order chi connectivity index (χ0) is 20.0. The normalized spacial score (nSPS) is 16.8. The van der Waals surface area contributed by atoms with Gasteiger partial charge in [-0.2, -0.15) is 4.98 Å². The smallest absolute Gasteiger partial charge is 0.266 e. The topological polar surface area (TPSA) is 108 Å². The van der Waals surface area contributed by atoms with Crippen molar-refractivity contribution in [3.63, 3.8) is 0 Å². The van der Waals surface area contributed by atoms with Gasteiger partial charge in [-0.25, -0.2) is 10.1 Å². The van der Waals surface area contributed by atoms with E-state index in [2.05, 4.69) is 20.2 Å². The van der Waals surface area contributed by atoms with Crippen LogP contribution in [0.4, 0.5) is 0 Å². The number of ether oxygens (including phenoxy) is 1. The van der Waals surface area contributed by atoms with Crippen LogP contribution in [0.2, 0.25) is 0 Å². The number of H-pyrrole nitrogens is 1. The molecule has 5 heterocycles. The molecule has 1 aliphatic rings. The van der Waals surface area contributed by atoms with Gasteiger partial charge < -0.3 is 9.30 Å². The molecule has 29 heavy (non-hydrogen) atoms. The predicted molar refractivity (Wildman–Crippen MR) is 110 cm³/mol. The SMILES string of the molecule is CSc1n[nH]c(-n2ccc3nc4ccn(C[C@@H]5CCCO5)c(=O)c4cc3c2=O)n1. The van der Waals surface area contributed by atoms with Crippen LogP contribution in [0, 0.1) is 0 Å². The molecule has 4 aromatic heterocycles. The fraction of sp³-hybridized carbons (Fsp3) is 0.316. The first-order chi connectivity index (χ1) is 14.1. The molecule has 0 radical (unpaired) electrons. The Morgan fingerprint density at radius 2 is 1.97 bits per heavy atom. The van der Waals surface area contributed by atoms with Crippen LogP contribution < -0.4 is 11.1 Å². The predicted octanol–water partition coefficient (Wildman–Crippen LogP) is 1.72. The number of nitrogens with zero attached hydrogens (tertiary/aromatic N) is 5. The molecule has 9 nitrogen and oxygen atoms in total. The fourth-order valence-corrected chi connectivity index (χ4v) is 3.94. The van der Waals surface area contributed by atoms with Crippen molar-refractivity contribution in [2.75, 3.05) is 12.9 Å². The number of thioether (sulfide) groups is 1. The Kier molecular flexibility index (Phi) is 4.44. The van der Waals surface area contributed by atoms with Crippen molar-refractivity contribution in [2.24, 2.45) is 0 Å². The lowest BCUT2D eigenvalue weighted by atomic mass is 10.2. The van der Waals surface area contributed by atoms with Gasteiger partial charge in [0, 0.05) is 19.0 Å². The maximum Gasteiger partial charge on any atom is 0.266 e. The quantitative estimate of drug-likeness (QED) is 0.403. The summed E-state index contributed by atoms with van der Waals surface area (Å²) >= 11 is 1.38. The van der Waals surface area contributed by atoms with E-state index in [1.165, 1.54) is 16.3 Å². The third-order valence-electron chi connectivity index (χ3n) is 5.10. The number of hydrogen-bond acceptors (Lipinski definition) is 7. The van der Waals surface area contributed by atoms with Crippen LogP contribution >= 0.6 is 11.8 Å². The number of hydrogen-bond donors (Lipinski definition) is 1. The minimum absolute atomic E-state index is 0.0490. The van der Waals surface area contributed by atoms with E-state index in [-0.39, 0.29) is 17.2 Å². The Labute approximate surface area is 168 Å². The van der Waals surface area contributed by atoms with E-state index < -0.39 is 0 Å². The number of nitrogens with one attached hydrogen (secondary N) is 1. The largest absolute Gasteiger partial charge is 0.376 e. The Morgan fingerprint density at radius 3 is 2.69 bits per heavy atom. The molecule has 0 aromatic carbocycles. The van der Waals surface area contributed by atoms with Crippen LogP contribution in [-0.2, 0) is 11.3 Å². The number of aromatic nitrogens is 6. The molecule has 1 atom stereocenters. The summed E-state index contributed by atoms with van der Waals surface area (Å²) in [5.41, 5.74) is 0.605. The highest BCUT2D eigenvalue weighted by Crippen LogP contribution is 2.17. The van der Waals surface area contributed by atoms with Gasteiger partial charge in [-0.1, -0.05) is 11.8 Å². The molecule has 0 spiro atoms. The number of rotatable bonds is 4. The van der Waals surface area contributed by atoms with Gasteiger partial charge in [-0.05, 0) is 37.3 Å². The zero-order valence-electron chi connectivity index (χ0n) is 15.7. The first-order valence-corrected chi connectivity index (χ1v) is 10.5. The monoisotopic (exact) mass is 410 g/mol. The highest BCUT2D eigenvalue weighted by molar-refractivity contribution is 7.98. The van der Waals surface area contributed by atoms with Gasteiger partial charge in [0.2, 0.25) is 11.1 Å². The molecule has 0 saturated carbocycles. The Balaban J connectivity index is 1.65. The highest BCUT2D eigenvalue weighted by Gasteiger charge is 2.18. The molecule has 1 N–H and O–H groups in total. The summed E-state index contributed by atoms with van der Waals surface area (Å²) in [6.07, 6.45) is 7.21. The van der Waals surface area contributed by atoms with E-state index in [4.69, 9.17) is 4.74 Å². The maximum atomic E-state index is 13.0. The molecule has 5 rings (SSSR count). The standard InChI is InChI=1S/C19H18N6O3S/c1-29-19-21-18(22-23-19)25-7-5-15-13(17(25)27)9-12-14(20-15)4-6-24(16(12)26)10-11-3-2-8-28-11/h4-7,9,11H,2-3,8,10H2,1H3,(H,21,22,23)/t11-/m0/s1. The molecule has 1 saturated heterocycles.